The number of anilines is 2. The van der Waals surface area contributed by atoms with Gasteiger partial charge in [0, 0.05) is 26.1 Å². The molecule has 0 spiro atoms. The quantitative estimate of drug-likeness (QED) is 0.406. The number of ether oxygens (including phenoxy) is 1. The summed E-state index contributed by atoms with van der Waals surface area (Å²) in [7, 11) is 0. The van der Waals surface area contributed by atoms with E-state index in [1.54, 1.807) is 6.92 Å². The van der Waals surface area contributed by atoms with Crippen LogP contribution in [0.25, 0.3) is 5.65 Å². The van der Waals surface area contributed by atoms with E-state index in [0.717, 1.165) is 18.9 Å². The van der Waals surface area contributed by atoms with Crippen molar-refractivity contribution >= 4 is 17.6 Å². The molecule has 36 heavy (non-hydrogen) atoms. The van der Waals surface area contributed by atoms with E-state index in [0.29, 0.717) is 35.6 Å². The third-order valence-electron chi connectivity index (χ3n) is 6.35. The summed E-state index contributed by atoms with van der Waals surface area (Å²) >= 11 is 0. The minimum atomic E-state index is -4.93. The van der Waals surface area contributed by atoms with Crippen LogP contribution in [0.4, 0.5) is 38.3 Å². The molecule has 3 aromatic rings. The number of alkyl halides is 6. The summed E-state index contributed by atoms with van der Waals surface area (Å²) in [6.07, 6.45) is -5.83. The number of hydrogen-bond donors (Lipinski definition) is 1. The molecule has 1 aliphatic carbocycles. The van der Waals surface area contributed by atoms with E-state index in [1.165, 1.54) is 5.92 Å². The maximum atomic E-state index is 13.6. The van der Waals surface area contributed by atoms with E-state index in [1.807, 2.05) is 4.90 Å². The summed E-state index contributed by atoms with van der Waals surface area (Å²) in [6.45, 7) is 2.82. The largest absolute Gasteiger partial charge is 0.464 e. The van der Waals surface area contributed by atoms with Crippen LogP contribution in [0.5, 0.6) is 5.75 Å². The monoisotopic (exact) mass is 515 g/mol. The number of nitrogens with one attached hydrogen (secondary N) is 1. The van der Waals surface area contributed by atoms with E-state index < -0.39 is 35.5 Å². The normalized spacial score (nSPS) is 23.1. The Balaban J connectivity index is 1.44. The zero-order valence-corrected chi connectivity index (χ0v) is 18.6. The Morgan fingerprint density at radius 2 is 1.83 bits per heavy atom. The molecule has 3 aromatic heterocycles. The Hall–Kier alpha value is -3.70. The Kier molecular flexibility index (Phi) is 5.64. The summed E-state index contributed by atoms with van der Waals surface area (Å²) in [4.78, 5) is 6.01. The number of piperidine rings is 1. The molecule has 5 rings (SSSR count). The fourth-order valence-corrected chi connectivity index (χ4v) is 4.81. The van der Waals surface area contributed by atoms with E-state index in [2.05, 4.69) is 25.6 Å². The molecule has 2 aliphatic rings. The Labute approximate surface area is 199 Å². The molecule has 0 amide bonds. The van der Waals surface area contributed by atoms with Crippen LogP contribution in [0, 0.1) is 31.1 Å². The molecule has 2 fully saturated rings. The standard InChI is InChI=1S/C21H19F6N7O2/c1-3-15(21(25,26)27)36-13-6-7-14(20(22,23)24)34-17(13)29-18(32-34)28-16-11-4-5-12(16)9-33(8-11)19-31-30-10(2)35-19/h1,6-7,11-12,15-16H,4-5,8-9H2,2H3,(H,28,32)/t11-,12+,15-,16-/m0/s1. The fraction of sp³-hybridized carbons (Fsp3) is 0.524. The van der Waals surface area contributed by atoms with Crippen molar-refractivity contribution in [1.82, 2.24) is 24.8 Å². The van der Waals surface area contributed by atoms with Crippen molar-refractivity contribution in [1.29, 1.82) is 0 Å². The van der Waals surface area contributed by atoms with Gasteiger partial charge in [-0.2, -0.15) is 31.3 Å². The van der Waals surface area contributed by atoms with Crippen molar-refractivity contribution in [2.45, 2.75) is 44.3 Å². The molecule has 2 bridgehead atoms. The van der Waals surface area contributed by atoms with Crippen molar-refractivity contribution in [2.24, 2.45) is 11.8 Å². The highest BCUT2D eigenvalue weighted by atomic mass is 19.4. The molecule has 15 heteroatoms. The summed E-state index contributed by atoms with van der Waals surface area (Å²) in [5.74, 6) is 1.30. The molecule has 1 N–H and O–H groups in total. The second kappa shape index (κ2) is 8.45. The first-order chi connectivity index (χ1) is 16.9. The summed E-state index contributed by atoms with van der Waals surface area (Å²) in [5, 5.41) is 14.9. The molecule has 1 aliphatic heterocycles. The smallest absolute Gasteiger partial charge is 0.437 e. The number of pyridine rings is 1. The van der Waals surface area contributed by atoms with Crippen LogP contribution in [0.3, 0.4) is 0 Å². The molecular formula is C21H19F6N7O2. The van der Waals surface area contributed by atoms with Gasteiger partial charge in [-0.15, -0.1) is 16.6 Å². The van der Waals surface area contributed by atoms with Crippen molar-refractivity contribution in [3.05, 3.63) is 23.7 Å². The summed E-state index contributed by atoms with van der Waals surface area (Å²) in [6, 6.07) is 1.55. The van der Waals surface area contributed by atoms with Gasteiger partial charge >= 0.3 is 18.4 Å². The third kappa shape index (κ3) is 4.35. The SMILES string of the molecule is C#C[C@H](Oc1ccc(C(F)(F)F)n2nc(N[C@@H]3[C@@H]4CC[C@H]3CN(c3nnc(C)o3)C4)nc12)C(F)(F)F. The molecule has 4 heterocycles. The van der Waals surface area contributed by atoms with E-state index in [4.69, 9.17) is 15.6 Å². The first-order valence-electron chi connectivity index (χ1n) is 10.9. The number of rotatable bonds is 5. The average molecular weight is 515 g/mol. The van der Waals surface area contributed by atoms with Crippen LogP contribution in [-0.4, -0.2) is 56.2 Å². The van der Waals surface area contributed by atoms with Gasteiger partial charge in [-0.25, -0.2) is 4.52 Å². The highest BCUT2D eigenvalue weighted by molar-refractivity contribution is 5.58. The van der Waals surface area contributed by atoms with Crippen molar-refractivity contribution in [3.63, 3.8) is 0 Å². The van der Waals surface area contributed by atoms with Gasteiger partial charge in [-0.1, -0.05) is 11.0 Å². The van der Waals surface area contributed by atoms with E-state index in [-0.39, 0.29) is 23.8 Å². The van der Waals surface area contributed by atoms with Crippen molar-refractivity contribution < 1.29 is 35.5 Å². The van der Waals surface area contributed by atoms with Gasteiger partial charge in [0.25, 0.3) is 6.10 Å². The van der Waals surface area contributed by atoms with Gasteiger partial charge < -0.3 is 19.4 Å². The van der Waals surface area contributed by atoms with E-state index in [9.17, 15) is 26.3 Å². The van der Waals surface area contributed by atoms with Crippen LogP contribution in [0.2, 0.25) is 0 Å². The number of halogens is 6. The van der Waals surface area contributed by atoms with E-state index >= 15 is 0 Å². The number of terminal acetylenes is 1. The van der Waals surface area contributed by atoms with Gasteiger partial charge in [0.1, 0.15) is 5.69 Å². The molecule has 0 unspecified atom stereocenters. The Bertz CT molecular complexity index is 1300. The molecule has 0 radical (unpaired) electrons. The lowest BCUT2D eigenvalue weighted by Gasteiger charge is -2.37. The second-order valence-electron chi connectivity index (χ2n) is 8.73. The highest BCUT2D eigenvalue weighted by Crippen LogP contribution is 2.40. The first-order valence-corrected chi connectivity index (χ1v) is 10.9. The topological polar surface area (TPSA) is 93.6 Å². The number of nitrogens with zero attached hydrogens (tertiary/aromatic N) is 6. The molecule has 1 saturated carbocycles. The zero-order chi connectivity index (χ0) is 25.8. The van der Waals surface area contributed by atoms with Crippen molar-refractivity contribution in [2.75, 3.05) is 23.3 Å². The minimum Gasteiger partial charge on any atom is -0.464 e. The van der Waals surface area contributed by atoms with Gasteiger partial charge in [0.05, 0.1) is 0 Å². The first kappa shape index (κ1) is 24.0. The predicted molar refractivity (Wildman–Crippen MR) is 112 cm³/mol. The van der Waals surface area contributed by atoms with Gasteiger partial charge in [0.2, 0.25) is 11.8 Å². The number of hydrogen-bond acceptors (Lipinski definition) is 8. The fourth-order valence-electron chi connectivity index (χ4n) is 4.81. The lowest BCUT2D eigenvalue weighted by molar-refractivity contribution is -0.176. The summed E-state index contributed by atoms with van der Waals surface area (Å²) in [5.41, 5.74) is -1.76. The number of aryl methyl sites for hydroxylation is 1. The number of fused-ring (bicyclic) bond motifs is 3. The molecule has 1 saturated heterocycles. The van der Waals surface area contributed by atoms with Crippen LogP contribution >= 0.6 is 0 Å². The van der Waals surface area contributed by atoms with Gasteiger partial charge in [0.15, 0.2) is 11.4 Å². The van der Waals surface area contributed by atoms with Crippen LogP contribution in [0.1, 0.15) is 24.4 Å². The Morgan fingerprint density at radius 1 is 1.14 bits per heavy atom. The van der Waals surface area contributed by atoms with Crippen molar-refractivity contribution in [3.8, 4) is 18.1 Å². The van der Waals surface area contributed by atoms with Gasteiger partial charge in [-0.05, 0) is 36.8 Å². The molecule has 4 atom stereocenters. The van der Waals surface area contributed by atoms with Crippen LogP contribution < -0.4 is 15.0 Å². The Morgan fingerprint density at radius 3 is 2.39 bits per heavy atom. The lowest BCUT2D eigenvalue weighted by Crippen LogP contribution is -2.48. The summed E-state index contributed by atoms with van der Waals surface area (Å²) < 4.78 is 90.9. The second-order valence-corrected chi connectivity index (χ2v) is 8.73. The van der Waals surface area contributed by atoms with Crippen LogP contribution in [-0.2, 0) is 6.18 Å². The molecule has 9 nitrogen and oxygen atoms in total. The zero-order valence-electron chi connectivity index (χ0n) is 18.6. The average Bonchev–Trinajstić information content (AvgIpc) is 3.46. The van der Waals surface area contributed by atoms with Crippen LogP contribution in [0.15, 0.2) is 16.5 Å². The predicted octanol–water partition coefficient (Wildman–Crippen LogP) is 3.71. The third-order valence-corrected chi connectivity index (χ3v) is 6.35. The van der Waals surface area contributed by atoms with Gasteiger partial charge in [-0.3, -0.25) is 0 Å². The maximum Gasteiger partial charge on any atom is 0.437 e. The maximum absolute atomic E-state index is 13.6. The molecule has 192 valence electrons. The lowest BCUT2D eigenvalue weighted by atomic mass is 9.92. The minimum absolute atomic E-state index is 0.0800. The molecule has 0 aromatic carbocycles. The number of aromatic nitrogens is 5. The highest BCUT2D eigenvalue weighted by Gasteiger charge is 2.45. The molecular weight excluding hydrogens is 496 g/mol.